The minimum Gasteiger partial charge on any atom is -0.358 e. The van der Waals surface area contributed by atoms with Gasteiger partial charge in [0.25, 0.3) is 11.6 Å². The number of nitrogens with zero attached hydrogens (tertiary/aromatic N) is 2. The third kappa shape index (κ3) is 2.51. The second-order valence-corrected chi connectivity index (χ2v) is 7.33. The number of nitro groups is 1. The number of anilines is 1. The highest BCUT2D eigenvalue weighted by molar-refractivity contribution is 6.09. The molecule has 3 aromatic rings. The van der Waals surface area contributed by atoms with E-state index in [1.807, 2.05) is 18.2 Å². The van der Waals surface area contributed by atoms with Crippen molar-refractivity contribution in [2.45, 2.75) is 32.1 Å². The molecular weight excluding hydrogens is 342 g/mol. The third-order valence-electron chi connectivity index (χ3n) is 5.77. The van der Waals surface area contributed by atoms with E-state index in [1.54, 1.807) is 11.0 Å². The summed E-state index contributed by atoms with van der Waals surface area (Å²) in [5.74, 6) is -0.0955. The number of carbonyl (C=O) groups is 1. The minimum atomic E-state index is -0.417. The second-order valence-electron chi connectivity index (χ2n) is 7.33. The van der Waals surface area contributed by atoms with Gasteiger partial charge in [0.05, 0.1) is 10.6 Å². The van der Waals surface area contributed by atoms with E-state index in [2.05, 4.69) is 4.98 Å². The predicted molar refractivity (Wildman–Crippen MR) is 103 cm³/mol. The Labute approximate surface area is 155 Å². The van der Waals surface area contributed by atoms with Gasteiger partial charge in [-0.05, 0) is 61.4 Å². The lowest BCUT2D eigenvalue weighted by Crippen LogP contribution is -2.28. The number of nitro benzene ring substituents is 1. The highest BCUT2D eigenvalue weighted by Gasteiger charge is 2.28. The van der Waals surface area contributed by atoms with Gasteiger partial charge in [0.2, 0.25) is 0 Å². The second kappa shape index (κ2) is 5.94. The monoisotopic (exact) mass is 361 g/mol. The van der Waals surface area contributed by atoms with Gasteiger partial charge < -0.3 is 9.88 Å². The lowest BCUT2D eigenvalue weighted by Gasteiger charge is -2.17. The minimum absolute atomic E-state index is 0.0172. The van der Waals surface area contributed by atoms with Crippen LogP contribution in [0.5, 0.6) is 0 Å². The number of amides is 1. The third-order valence-corrected chi connectivity index (χ3v) is 5.77. The molecule has 136 valence electrons. The molecular formula is C21H19N3O3. The molecule has 1 aliphatic carbocycles. The first-order valence-electron chi connectivity index (χ1n) is 9.34. The molecule has 0 atom stereocenters. The van der Waals surface area contributed by atoms with Crippen LogP contribution in [0, 0.1) is 10.1 Å². The van der Waals surface area contributed by atoms with Crippen molar-refractivity contribution in [3.05, 3.63) is 68.9 Å². The Kier molecular flexibility index (Phi) is 3.53. The van der Waals surface area contributed by atoms with Crippen molar-refractivity contribution in [2.75, 3.05) is 11.4 Å². The fourth-order valence-corrected chi connectivity index (χ4v) is 4.39. The molecule has 0 unspecified atom stereocenters. The summed E-state index contributed by atoms with van der Waals surface area (Å²) in [6.45, 7) is 0.554. The highest BCUT2D eigenvalue weighted by Crippen LogP contribution is 2.34. The molecule has 0 saturated carbocycles. The molecule has 6 nitrogen and oxygen atoms in total. The molecule has 1 N–H and O–H groups in total. The van der Waals surface area contributed by atoms with Gasteiger partial charge in [0.1, 0.15) is 0 Å². The summed E-state index contributed by atoms with van der Waals surface area (Å²) < 4.78 is 0. The quantitative estimate of drug-likeness (QED) is 0.550. The molecule has 2 aliphatic rings. The van der Waals surface area contributed by atoms with Crippen LogP contribution in [-0.2, 0) is 19.3 Å². The Bertz CT molecular complexity index is 1100. The van der Waals surface area contributed by atoms with Gasteiger partial charge in [-0.15, -0.1) is 0 Å². The molecule has 5 rings (SSSR count). The van der Waals surface area contributed by atoms with E-state index in [4.69, 9.17) is 0 Å². The number of aromatic nitrogens is 1. The van der Waals surface area contributed by atoms with Crippen molar-refractivity contribution in [3.8, 4) is 0 Å². The first-order chi connectivity index (χ1) is 13.1. The number of hydrogen-bond donors (Lipinski definition) is 1. The van der Waals surface area contributed by atoms with E-state index < -0.39 is 4.92 Å². The molecule has 2 heterocycles. The van der Waals surface area contributed by atoms with Crippen molar-refractivity contribution in [2.24, 2.45) is 0 Å². The molecule has 2 aromatic carbocycles. The van der Waals surface area contributed by atoms with Crippen LogP contribution in [-0.4, -0.2) is 22.4 Å². The van der Waals surface area contributed by atoms with Crippen LogP contribution in [0.15, 0.2) is 36.4 Å². The number of aryl methyl sites for hydroxylation is 2. The van der Waals surface area contributed by atoms with E-state index in [9.17, 15) is 14.9 Å². The maximum Gasteiger partial charge on any atom is 0.271 e. The van der Waals surface area contributed by atoms with Crippen LogP contribution in [0.3, 0.4) is 0 Å². The zero-order valence-corrected chi connectivity index (χ0v) is 14.8. The number of hydrogen-bond acceptors (Lipinski definition) is 3. The molecule has 0 radical (unpaired) electrons. The highest BCUT2D eigenvalue weighted by atomic mass is 16.6. The molecule has 0 saturated heterocycles. The van der Waals surface area contributed by atoms with E-state index in [1.165, 1.54) is 36.2 Å². The fourth-order valence-electron chi connectivity index (χ4n) is 4.39. The van der Waals surface area contributed by atoms with Crippen LogP contribution in [0.4, 0.5) is 11.4 Å². The Hall–Kier alpha value is -3.15. The molecule has 1 amide bonds. The molecule has 0 bridgehead atoms. The van der Waals surface area contributed by atoms with E-state index in [0.717, 1.165) is 35.7 Å². The lowest BCUT2D eigenvalue weighted by atomic mass is 9.95. The van der Waals surface area contributed by atoms with E-state index >= 15 is 0 Å². The average molecular weight is 361 g/mol. The molecule has 27 heavy (non-hydrogen) atoms. The van der Waals surface area contributed by atoms with Gasteiger partial charge >= 0.3 is 0 Å². The SMILES string of the molecule is O=C(c1ccc2[nH]c3c(c2c1)CCCC3)N1CCc2ccc([N+](=O)[O-])cc21. The van der Waals surface area contributed by atoms with Crippen LogP contribution >= 0.6 is 0 Å². The normalized spacial score (nSPS) is 15.6. The lowest BCUT2D eigenvalue weighted by molar-refractivity contribution is -0.384. The Morgan fingerprint density at radius 2 is 1.93 bits per heavy atom. The van der Waals surface area contributed by atoms with Crippen molar-refractivity contribution < 1.29 is 9.72 Å². The van der Waals surface area contributed by atoms with Crippen molar-refractivity contribution in [3.63, 3.8) is 0 Å². The first kappa shape index (κ1) is 16.1. The summed E-state index contributed by atoms with van der Waals surface area (Å²) in [6, 6.07) is 10.6. The zero-order chi connectivity index (χ0) is 18.5. The fraction of sp³-hybridized carbons (Fsp3) is 0.286. The Balaban J connectivity index is 1.54. The first-order valence-corrected chi connectivity index (χ1v) is 9.34. The van der Waals surface area contributed by atoms with Gasteiger partial charge in [-0.3, -0.25) is 14.9 Å². The summed E-state index contributed by atoms with van der Waals surface area (Å²) in [6.07, 6.45) is 5.22. The Morgan fingerprint density at radius 3 is 2.78 bits per heavy atom. The predicted octanol–water partition coefficient (Wildman–Crippen LogP) is 4.16. The van der Waals surface area contributed by atoms with E-state index in [0.29, 0.717) is 17.8 Å². The summed E-state index contributed by atoms with van der Waals surface area (Å²) in [4.78, 5) is 29.0. The molecule has 0 fully saturated rings. The van der Waals surface area contributed by atoms with Crippen molar-refractivity contribution in [1.29, 1.82) is 0 Å². The Morgan fingerprint density at radius 1 is 1.07 bits per heavy atom. The zero-order valence-electron chi connectivity index (χ0n) is 14.8. The maximum absolute atomic E-state index is 13.2. The van der Waals surface area contributed by atoms with Crippen LogP contribution in [0.1, 0.15) is 40.0 Å². The number of aromatic amines is 1. The number of nitrogens with one attached hydrogen (secondary N) is 1. The molecule has 0 spiro atoms. The number of rotatable bonds is 2. The number of benzene rings is 2. The van der Waals surface area contributed by atoms with Gasteiger partial charge in [0, 0.05) is 40.8 Å². The summed E-state index contributed by atoms with van der Waals surface area (Å²) in [5.41, 5.74) is 6.00. The van der Waals surface area contributed by atoms with Gasteiger partial charge in [-0.2, -0.15) is 0 Å². The van der Waals surface area contributed by atoms with Gasteiger partial charge in [-0.1, -0.05) is 6.07 Å². The number of H-pyrrole nitrogens is 1. The summed E-state index contributed by atoms with van der Waals surface area (Å²) in [5, 5.41) is 12.2. The van der Waals surface area contributed by atoms with Crippen LogP contribution < -0.4 is 4.90 Å². The van der Waals surface area contributed by atoms with Crippen molar-refractivity contribution >= 4 is 28.2 Å². The molecule has 6 heteroatoms. The van der Waals surface area contributed by atoms with Crippen LogP contribution in [0.2, 0.25) is 0 Å². The molecule has 1 aliphatic heterocycles. The van der Waals surface area contributed by atoms with Crippen molar-refractivity contribution in [1.82, 2.24) is 4.98 Å². The summed E-state index contributed by atoms with van der Waals surface area (Å²) >= 11 is 0. The smallest absolute Gasteiger partial charge is 0.271 e. The molecule has 1 aromatic heterocycles. The van der Waals surface area contributed by atoms with E-state index in [-0.39, 0.29) is 11.6 Å². The average Bonchev–Trinajstić information content (AvgIpc) is 3.27. The number of fused-ring (bicyclic) bond motifs is 4. The largest absolute Gasteiger partial charge is 0.358 e. The summed E-state index contributed by atoms with van der Waals surface area (Å²) in [7, 11) is 0. The standard InChI is InChI=1S/C21H19N3O3/c25-21(23-10-9-13-5-7-15(24(26)27)12-20(13)23)14-6-8-19-17(11-14)16-3-1-2-4-18(16)22-19/h5-8,11-12,22H,1-4,9-10H2. The van der Waals surface area contributed by atoms with Gasteiger partial charge in [-0.25, -0.2) is 0 Å². The number of carbonyl (C=O) groups excluding carboxylic acids is 1. The topological polar surface area (TPSA) is 79.2 Å². The number of non-ortho nitro benzene ring substituents is 1. The maximum atomic E-state index is 13.2. The van der Waals surface area contributed by atoms with Crippen LogP contribution in [0.25, 0.3) is 10.9 Å². The van der Waals surface area contributed by atoms with Gasteiger partial charge in [0.15, 0.2) is 0 Å².